The Morgan fingerprint density at radius 2 is 2.00 bits per heavy atom. The molecule has 6 heteroatoms. The molecule has 1 aliphatic rings. The molecule has 0 radical (unpaired) electrons. The summed E-state index contributed by atoms with van der Waals surface area (Å²) in [5.74, 6) is -0.271. The number of thioether (sulfide) groups is 1. The number of halogens is 1. The summed E-state index contributed by atoms with van der Waals surface area (Å²) in [7, 11) is 0. The molecule has 3 rings (SSSR count). The van der Waals surface area contributed by atoms with Gasteiger partial charge in [0.2, 0.25) is 5.91 Å². The van der Waals surface area contributed by atoms with Gasteiger partial charge < -0.3 is 15.0 Å². The molecule has 25 heavy (non-hydrogen) atoms. The van der Waals surface area contributed by atoms with E-state index >= 15 is 0 Å². The number of aryl methyl sites for hydroxylation is 1. The molecular weight excluding hydrogens is 339 g/mol. The molecule has 0 aliphatic carbocycles. The number of amides is 1. The lowest BCUT2D eigenvalue weighted by molar-refractivity contribution is -0.113. The van der Waals surface area contributed by atoms with Gasteiger partial charge in [-0.25, -0.2) is 4.39 Å². The van der Waals surface area contributed by atoms with E-state index in [-0.39, 0.29) is 17.5 Å². The number of carbonyl (C=O) groups is 1. The quantitative estimate of drug-likeness (QED) is 0.826. The van der Waals surface area contributed by atoms with E-state index in [1.807, 2.05) is 19.1 Å². The Balaban J connectivity index is 1.58. The third-order valence-corrected chi connectivity index (χ3v) is 5.10. The third-order valence-electron chi connectivity index (χ3n) is 4.06. The number of carbonyl (C=O) groups excluding carboxylic acids is 1. The fourth-order valence-corrected chi connectivity index (χ4v) is 3.44. The molecule has 1 saturated heterocycles. The summed E-state index contributed by atoms with van der Waals surface area (Å²) >= 11 is 1.20. The van der Waals surface area contributed by atoms with Crippen molar-refractivity contribution in [3.8, 4) is 0 Å². The monoisotopic (exact) mass is 360 g/mol. The Morgan fingerprint density at radius 1 is 1.24 bits per heavy atom. The highest BCUT2D eigenvalue weighted by molar-refractivity contribution is 8.00. The van der Waals surface area contributed by atoms with Crippen LogP contribution in [0.25, 0.3) is 0 Å². The van der Waals surface area contributed by atoms with Gasteiger partial charge in [-0.15, -0.1) is 11.8 Å². The highest BCUT2D eigenvalue weighted by Crippen LogP contribution is 2.25. The average molecular weight is 360 g/mol. The molecule has 0 bridgehead atoms. The Morgan fingerprint density at radius 3 is 2.72 bits per heavy atom. The van der Waals surface area contributed by atoms with Gasteiger partial charge in [-0.2, -0.15) is 0 Å². The maximum absolute atomic E-state index is 13.6. The van der Waals surface area contributed by atoms with Gasteiger partial charge in [-0.1, -0.05) is 12.1 Å². The van der Waals surface area contributed by atoms with Crippen LogP contribution in [0.15, 0.2) is 47.4 Å². The van der Waals surface area contributed by atoms with Gasteiger partial charge in [0.25, 0.3) is 0 Å². The molecule has 1 fully saturated rings. The summed E-state index contributed by atoms with van der Waals surface area (Å²) in [5.41, 5.74) is 2.93. The molecule has 132 valence electrons. The maximum atomic E-state index is 13.6. The van der Waals surface area contributed by atoms with E-state index in [4.69, 9.17) is 4.74 Å². The number of nitrogens with zero attached hydrogens (tertiary/aromatic N) is 1. The van der Waals surface area contributed by atoms with Crippen molar-refractivity contribution in [2.45, 2.75) is 11.8 Å². The van der Waals surface area contributed by atoms with Crippen molar-refractivity contribution in [3.05, 3.63) is 53.8 Å². The molecule has 0 atom stereocenters. The molecule has 2 aromatic rings. The zero-order valence-electron chi connectivity index (χ0n) is 14.1. The molecule has 0 saturated carbocycles. The number of anilines is 2. The van der Waals surface area contributed by atoms with Gasteiger partial charge in [-0.05, 0) is 42.8 Å². The largest absolute Gasteiger partial charge is 0.378 e. The van der Waals surface area contributed by atoms with Crippen LogP contribution in [-0.4, -0.2) is 38.0 Å². The second-order valence-electron chi connectivity index (χ2n) is 5.87. The molecule has 0 spiro atoms. The van der Waals surface area contributed by atoms with Crippen LogP contribution < -0.4 is 10.2 Å². The Hall–Kier alpha value is -2.05. The molecule has 4 nitrogen and oxygen atoms in total. The van der Waals surface area contributed by atoms with E-state index in [2.05, 4.69) is 16.3 Å². The highest BCUT2D eigenvalue weighted by atomic mass is 32.2. The van der Waals surface area contributed by atoms with Gasteiger partial charge in [0.15, 0.2) is 0 Å². The van der Waals surface area contributed by atoms with E-state index in [0.717, 1.165) is 43.2 Å². The molecular formula is C19H21FN2O2S. The summed E-state index contributed by atoms with van der Waals surface area (Å²) in [5, 5.41) is 2.90. The number of rotatable bonds is 5. The molecule has 1 heterocycles. The van der Waals surface area contributed by atoms with E-state index < -0.39 is 0 Å². The van der Waals surface area contributed by atoms with Crippen molar-refractivity contribution >= 4 is 29.0 Å². The first-order valence-corrected chi connectivity index (χ1v) is 9.22. The van der Waals surface area contributed by atoms with Crippen LogP contribution in [0.5, 0.6) is 0 Å². The van der Waals surface area contributed by atoms with Crippen molar-refractivity contribution in [2.75, 3.05) is 42.3 Å². The van der Waals surface area contributed by atoms with E-state index in [1.165, 1.54) is 17.8 Å². The minimum Gasteiger partial charge on any atom is -0.378 e. The maximum Gasteiger partial charge on any atom is 0.234 e. The Kier molecular flexibility index (Phi) is 5.94. The van der Waals surface area contributed by atoms with Gasteiger partial charge in [0.05, 0.1) is 19.0 Å². The molecule has 0 aromatic heterocycles. The number of benzene rings is 2. The lowest BCUT2D eigenvalue weighted by Gasteiger charge is -2.29. The zero-order chi connectivity index (χ0) is 17.6. The second kappa shape index (κ2) is 8.36. The average Bonchev–Trinajstić information content (AvgIpc) is 2.63. The fraction of sp³-hybridized carbons (Fsp3) is 0.316. The third kappa shape index (κ3) is 4.74. The first-order valence-electron chi connectivity index (χ1n) is 8.24. The zero-order valence-corrected chi connectivity index (χ0v) is 14.9. The fourth-order valence-electron chi connectivity index (χ4n) is 2.70. The van der Waals surface area contributed by atoms with Crippen LogP contribution >= 0.6 is 11.8 Å². The van der Waals surface area contributed by atoms with Crippen LogP contribution in [0.4, 0.5) is 15.8 Å². The van der Waals surface area contributed by atoms with Gasteiger partial charge in [-0.3, -0.25) is 4.79 Å². The second-order valence-corrected chi connectivity index (χ2v) is 6.88. The van der Waals surface area contributed by atoms with Crippen LogP contribution in [-0.2, 0) is 9.53 Å². The summed E-state index contributed by atoms with van der Waals surface area (Å²) in [4.78, 5) is 14.9. The number of morpholine rings is 1. The van der Waals surface area contributed by atoms with Crippen LogP contribution in [0.2, 0.25) is 0 Å². The first kappa shape index (κ1) is 17.8. The van der Waals surface area contributed by atoms with Gasteiger partial charge in [0, 0.05) is 29.4 Å². The van der Waals surface area contributed by atoms with Gasteiger partial charge >= 0.3 is 0 Å². The Bertz CT molecular complexity index is 748. The SMILES string of the molecule is Cc1cc(N2CCOCC2)ccc1NC(=O)CSc1ccccc1F. The van der Waals surface area contributed by atoms with E-state index in [9.17, 15) is 9.18 Å². The summed E-state index contributed by atoms with van der Waals surface area (Å²) < 4.78 is 19.0. The number of hydrogen-bond donors (Lipinski definition) is 1. The highest BCUT2D eigenvalue weighted by Gasteiger charge is 2.13. The summed E-state index contributed by atoms with van der Waals surface area (Å²) in [6.07, 6.45) is 0. The van der Waals surface area contributed by atoms with E-state index in [0.29, 0.717) is 4.90 Å². The van der Waals surface area contributed by atoms with Crippen LogP contribution in [0, 0.1) is 12.7 Å². The lowest BCUT2D eigenvalue weighted by Crippen LogP contribution is -2.36. The topological polar surface area (TPSA) is 41.6 Å². The molecule has 2 aromatic carbocycles. The van der Waals surface area contributed by atoms with Crippen molar-refractivity contribution < 1.29 is 13.9 Å². The minimum absolute atomic E-state index is 0.143. The summed E-state index contributed by atoms with van der Waals surface area (Å²) in [6.45, 7) is 5.22. The van der Waals surface area contributed by atoms with E-state index in [1.54, 1.807) is 18.2 Å². The summed E-state index contributed by atoms with van der Waals surface area (Å²) in [6, 6.07) is 12.5. The molecule has 1 N–H and O–H groups in total. The molecule has 1 amide bonds. The van der Waals surface area contributed by atoms with Crippen LogP contribution in [0.1, 0.15) is 5.56 Å². The van der Waals surface area contributed by atoms with Crippen molar-refractivity contribution in [3.63, 3.8) is 0 Å². The van der Waals surface area contributed by atoms with Gasteiger partial charge in [0.1, 0.15) is 5.82 Å². The standard InChI is InChI=1S/C19H21FN2O2S/c1-14-12-15(22-8-10-24-11-9-22)6-7-17(14)21-19(23)13-25-18-5-3-2-4-16(18)20/h2-7,12H,8-11,13H2,1H3,(H,21,23). The predicted octanol–water partition coefficient (Wildman–Crippen LogP) is 3.70. The number of ether oxygens (including phenoxy) is 1. The molecule has 1 aliphatic heterocycles. The number of hydrogen-bond acceptors (Lipinski definition) is 4. The Labute approximate surface area is 151 Å². The smallest absolute Gasteiger partial charge is 0.234 e. The first-order chi connectivity index (χ1) is 12.1. The molecule has 0 unspecified atom stereocenters. The normalized spacial score (nSPS) is 14.4. The lowest BCUT2D eigenvalue weighted by atomic mass is 10.1. The minimum atomic E-state index is -0.300. The van der Waals surface area contributed by atoms with Crippen molar-refractivity contribution in [1.82, 2.24) is 0 Å². The van der Waals surface area contributed by atoms with Crippen molar-refractivity contribution in [1.29, 1.82) is 0 Å². The predicted molar refractivity (Wildman–Crippen MR) is 100.0 cm³/mol. The number of nitrogens with one attached hydrogen (secondary N) is 1. The van der Waals surface area contributed by atoms with Crippen LogP contribution in [0.3, 0.4) is 0 Å². The van der Waals surface area contributed by atoms with Crippen molar-refractivity contribution in [2.24, 2.45) is 0 Å².